The molecule has 0 N–H and O–H groups in total. The van der Waals surface area contributed by atoms with Crippen LogP contribution in [-0.2, 0) is 0 Å². The molecule has 0 radical (unpaired) electrons. The average molecular weight is 231 g/mol. The first-order valence-electron chi connectivity index (χ1n) is 3.27. The summed E-state index contributed by atoms with van der Waals surface area (Å²) in [6.45, 7) is 0. The van der Waals surface area contributed by atoms with Gasteiger partial charge in [0.15, 0.2) is 11.6 Å². The van der Waals surface area contributed by atoms with Crippen molar-refractivity contribution in [3.05, 3.63) is 35.2 Å². The van der Waals surface area contributed by atoms with Crippen LogP contribution in [-0.4, -0.2) is 4.98 Å². The van der Waals surface area contributed by atoms with Crippen LogP contribution >= 0.6 is 0 Å². The molecule has 1 heterocycles. The van der Waals surface area contributed by atoms with Gasteiger partial charge in [0.1, 0.15) is 0 Å². The topological polar surface area (TPSA) is 12.9 Å². The van der Waals surface area contributed by atoms with E-state index in [-0.39, 0.29) is 0 Å². The Labute approximate surface area is 77.9 Å². The predicted molar refractivity (Wildman–Crippen MR) is 34.3 cm³/mol. The molecule has 1 aromatic rings. The largest absolute Gasteiger partial charge is 0.306 e. The van der Waals surface area contributed by atoms with Crippen LogP contribution in [0.5, 0.6) is 0 Å². The molecule has 15 heavy (non-hydrogen) atoms. The molecule has 0 aliphatic heterocycles. The van der Waals surface area contributed by atoms with Crippen molar-refractivity contribution in [2.24, 2.45) is 0 Å². The molecule has 0 spiro atoms. The fourth-order valence-electron chi connectivity index (χ4n) is 0.774. The molecular formula is C7F7N. The molecule has 8 heteroatoms. The number of halogens is 7. The first-order valence-corrected chi connectivity index (χ1v) is 3.27. The molecule has 0 saturated heterocycles. The van der Waals surface area contributed by atoms with E-state index < -0.39 is 41.0 Å². The summed E-state index contributed by atoms with van der Waals surface area (Å²) in [5.41, 5.74) is -2.11. The van der Waals surface area contributed by atoms with Crippen molar-refractivity contribution in [2.75, 3.05) is 0 Å². The summed E-state index contributed by atoms with van der Waals surface area (Å²) < 4.78 is 85.6. The van der Waals surface area contributed by atoms with E-state index in [1.807, 2.05) is 0 Å². The second kappa shape index (κ2) is 3.87. The van der Waals surface area contributed by atoms with E-state index in [0.717, 1.165) is 0 Å². The van der Waals surface area contributed by atoms with E-state index in [2.05, 4.69) is 4.98 Å². The Bertz CT molecular complexity index is 409. The van der Waals surface area contributed by atoms with E-state index in [1.165, 1.54) is 0 Å². The van der Waals surface area contributed by atoms with Crippen molar-refractivity contribution in [3.8, 4) is 0 Å². The summed E-state index contributed by atoms with van der Waals surface area (Å²) in [7, 11) is 0. The van der Waals surface area contributed by atoms with Crippen molar-refractivity contribution < 1.29 is 30.7 Å². The van der Waals surface area contributed by atoms with E-state index in [1.54, 1.807) is 0 Å². The van der Waals surface area contributed by atoms with Crippen LogP contribution < -0.4 is 0 Å². The molecule has 0 atom stereocenters. The molecule has 0 aliphatic rings. The summed E-state index contributed by atoms with van der Waals surface area (Å²) in [4.78, 5) is 2.06. The number of nitrogens with zero attached hydrogens (tertiary/aromatic N) is 1. The molecule has 0 saturated carbocycles. The van der Waals surface area contributed by atoms with Gasteiger partial charge >= 0.3 is 6.08 Å². The van der Waals surface area contributed by atoms with Gasteiger partial charge in [-0.05, 0) is 0 Å². The first kappa shape index (κ1) is 11.5. The summed E-state index contributed by atoms with van der Waals surface area (Å²) in [5, 5.41) is 0. The molecule has 1 rings (SSSR count). The fourth-order valence-corrected chi connectivity index (χ4v) is 0.774. The zero-order chi connectivity index (χ0) is 11.7. The Morgan fingerprint density at radius 2 is 1.20 bits per heavy atom. The fraction of sp³-hybridized carbons (Fsp3) is 0. The van der Waals surface area contributed by atoms with Crippen LogP contribution in [0.1, 0.15) is 5.56 Å². The normalized spacial score (nSPS) is 10.3. The average Bonchev–Trinajstić information content (AvgIpc) is 2.15. The lowest BCUT2D eigenvalue weighted by atomic mass is 10.2. The third-order valence-electron chi connectivity index (χ3n) is 1.38. The van der Waals surface area contributed by atoms with Crippen LogP contribution in [0, 0.1) is 23.5 Å². The Balaban J connectivity index is 3.61. The molecule has 0 aliphatic carbocycles. The molecule has 0 bridgehead atoms. The Hall–Kier alpha value is -1.60. The van der Waals surface area contributed by atoms with Gasteiger partial charge in [0.25, 0.3) is 11.9 Å². The number of hydrogen-bond donors (Lipinski definition) is 0. The molecule has 1 aromatic heterocycles. The Morgan fingerprint density at radius 3 is 1.53 bits per heavy atom. The zero-order valence-electron chi connectivity index (χ0n) is 6.59. The van der Waals surface area contributed by atoms with Crippen molar-refractivity contribution in [1.82, 2.24) is 4.98 Å². The summed E-state index contributed by atoms with van der Waals surface area (Å²) >= 11 is 0. The van der Waals surface area contributed by atoms with Crippen LogP contribution in [0.15, 0.2) is 6.08 Å². The molecule has 82 valence electrons. The third kappa shape index (κ3) is 1.92. The smallest absolute Gasteiger partial charge is 0.201 e. The summed E-state index contributed by atoms with van der Waals surface area (Å²) in [5.74, 6) is -11.7. The van der Waals surface area contributed by atoms with Gasteiger partial charge in [0.2, 0.25) is 5.83 Å². The third-order valence-corrected chi connectivity index (χ3v) is 1.38. The maximum atomic E-state index is 12.6. The van der Waals surface area contributed by atoms with E-state index in [0.29, 0.717) is 0 Å². The lowest BCUT2D eigenvalue weighted by Crippen LogP contribution is -2.04. The van der Waals surface area contributed by atoms with Gasteiger partial charge < -0.3 is 0 Å². The van der Waals surface area contributed by atoms with Gasteiger partial charge in [-0.3, -0.25) is 0 Å². The maximum Gasteiger partial charge on any atom is 0.306 e. The number of hydrogen-bond acceptors (Lipinski definition) is 1. The monoisotopic (exact) mass is 231 g/mol. The van der Waals surface area contributed by atoms with E-state index in [9.17, 15) is 30.7 Å². The van der Waals surface area contributed by atoms with Crippen LogP contribution in [0.25, 0.3) is 5.83 Å². The zero-order valence-corrected chi connectivity index (χ0v) is 6.59. The van der Waals surface area contributed by atoms with Gasteiger partial charge in [0, 0.05) is 0 Å². The molecule has 0 fully saturated rings. The Morgan fingerprint density at radius 1 is 0.800 bits per heavy atom. The molecule has 1 nitrogen and oxygen atoms in total. The summed E-state index contributed by atoms with van der Waals surface area (Å²) in [6.07, 6.45) is -3.10. The second-order valence-corrected chi connectivity index (χ2v) is 2.27. The Kier molecular flexibility index (Phi) is 2.96. The predicted octanol–water partition coefficient (Wildman–Crippen LogP) is 3.17. The van der Waals surface area contributed by atoms with Crippen LogP contribution in [0.4, 0.5) is 30.7 Å². The molecule has 0 amide bonds. The van der Waals surface area contributed by atoms with Crippen molar-refractivity contribution in [2.45, 2.75) is 0 Å². The van der Waals surface area contributed by atoms with Gasteiger partial charge in [-0.2, -0.15) is 22.5 Å². The molecule has 0 aromatic carbocycles. The minimum Gasteiger partial charge on any atom is -0.201 e. The number of rotatable bonds is 1. The highest BCUT2D eigenvalue weighted by Gasteiger charge is 2.26. The lowest BCUT2D eigenvalue weighted by Gasteiger charge is -2.02. The number of pyridine rings is 1. The lowest BCUT2D eigenvalue weighted by molar-refractivity contribution is 0.387. The first-order chi connectivity index (χ1) is 6.86. The van der Waals surface area contributed by atoms with E-state index >= 15 is 0 Å². The maximum absolute atomic E-state index is 12.6. The van der Waals surface area contributed by atoms with E-state index in [4.69, 9.17) is 0 Å². The minimum atomic E-state index is -3.10. The van der Waals surface area contributed by atoms with Gasteiger partial charge in [-0.25, -0.2) is 13.2 Å². The highest BCUT2D eigenvalue weighted by molar-refractivity contribution is 5.60. The van der Waals surface area contributed by atoms with Crippen molar-refractivity contribution in [1.29, 1.82) is 0 Å². The van der Waals surface area contributed by atoms with Crippen LogP contribution in [0.3, 0.4) is 0 Å². The molecule has 0 unspecified atom stereocenters. The summed E-state index contributed by atoms with van der Waals surface area (Å²) in [6, 6.07) is 0. The second-order valence-electron chi connectivity index (χ2n) is 2.27. The van der Waals surface area contributed by atoms with Crippen molar-refractivity contribution in [3.63, 3.8) is 0 Å². The quantitative estimate of drug-likeness (QED) is 0.534. The van der Waals surface area contributed by atoms with Crippen LogP contribution in [0.2, 0.25) is 0 Å². The SMILES string of the molecule is FC(F)=C(F)c1c(F)c(F)nc(F)c1F. The van der Waals surface area contributed by atoms with Gasteiger partial charge in [-0.1, -0.05) is 0 Å². The standard InChI is InChI=1S/C7F7N/c8-2(5(11)12)1-3(9)6(13)15-7(14)4(1)10. The van der Waals surface area contributed by atoms with Gasteiger partial charge in [-0.15, -0.1) is 0 Å². The minimum absolute atomic E-state index is 2.06. The highest BCUT2D eigenvalue weighted by Crippen LogP contribution is 2.28. The number of aromatic nitrogens is 1. The van der Waals surface area contributed by atoms with Crippen molar-refractivity contribution >= 4 is 5.83 Å². The molecular weight excluding hydrogens is 231 g/mol. The van der Waals surface area contributed by atoms with Gasteiger partial charge in [0.05, 0.1) is 5.56 Å². The highest BCUT2D eigenvalue weighted by atomic mass is 19.3.